The molecule has 13 heteroatoms. The van der Waals surface area contributed by atoms with E-state index in [1.807, 2.05) is 6.07 Å². The highest BCUT2D eigenvalue weighted by Crippen LogP contribution is 2.50. The Balaban J connectivity index is 1.35. The smallest absolute Gasteiger partial charge is 0.237 e. The van der Waals surface area contributed by atoms with E-state index in [0.29, 0.717) is 60.7 Å². The third kappa shape index (κ3) is 7.20. The average Bonchev–Trinajstić information content (AvgIpc) is 3.32. The zero-order chi connectivity index (χ0) is 33.8. The first kappa shape index (κ1) is 34.9. The fourth-order valence-electron chi connectivity index (χ4n) is 6.97. The minimum atomic E-state index is -0.905. The van der Waals surface area contributed by atoms with Crippen LogP contribution in [0.15, 0.2) is 29.1 Å². The number of aliphatic hydroxyl groups is 2. The van der Waals surface area contributed by atoms with Crippen LogP contribution < -0.4 is 29.7 Å². The van der Waals surface area contributed by atoms with Gasteiger partial charge in [-0.2, -0.15) is 5.06 Å². The summed E-state index contributed by atoms with van der Waals surface area (Å²) in [6, 6.07) is 6.30. The quantitative estimate of drug-likeness (QED) is 0.321. The fraction of sp³-hybridized carbons (Fsp3) is 0.588. The van der Waals surface area contributed by atoms with Gasteiger partial charge in [0.25, 0.3) is 0 Å². The molecule has 2 fully saturated rings. The van der Waals surface area contributed by atoms with Gasteiger partial charge in [-0.1, -0.05) is 6.07 Å². The Bertz CT molecular complexity index is 1470. The van der Waals surface area contributed by atoms with Crippen LogP contribution in [-0.2, 0) is 25.5 Å². The van der Waals surface area contributed by atoms with Crippen LogP contribution in [0.1, 0.15) is 49.8 Å². The second-order valence-corrected chi connectivity index (χ2v) is 12.2. The number of carbonyl (C=O) groups is 1. The second kappa shape index (κ2) is 15.2. The molecule has 2 heterocycles. The van der Waals surface area contributed by atoms with E-state index in [9.17, 15) is 19.8 Å². The molecule has 258 valence electrons. The number of hydroxylamine groups is 2. The Morgan fingerprint density at radius 2 is 1.72 bits per heavy atom. The number of nitrogens with one attached hydrogen (secondary N) is 1. The maximum absolute atomic E-state index is 13.6. The van der Waals surface area contributed by atoms with Crippen LogP contribution >= 0.6 is 0 Å². The monoisotopic (exact) mass is 658 g/mol. The van der Waals surface area contributed by atoms with E-state index in [-0.39, 0.29) is 35.7 Å². The van der Waals surface area contributed by atoms with Gasteiger partial charge in [0.15, 0.2) is 17.2 Å². The number of amides is 1. The summed E-state index contributed by atoms with van der Waals surface area (Å²) in [7, 11) is 7.58. The molecule has 0 spiro atoms. The van der Waals surface area contributed by atoms with Gasteiger partial charge >= 0.3 is 0 Å². The van der Waals surface area contributed by atoms with E-state index in [0.717, 1.165) is 17.5 Å². The number of carbonyl (C=O) groups excluding carboxylic acids is 1. The Kier molecular flexibility index (Phi) is 11.3. The van der Waals surface area contributed by atoms with Crippen molar-refractivity contribution < 1.29 is 48.3 Å². The van der Waals surface area contributed by atoms with Crippen molar-refractivity contribution in [3.05, 3.63) is 45.6 Å². The molecular formula is C34H46N2O11. The molecule has 2 saturated heterocycles. The molecule has 2 aromatic carbocycles. The summed E-state index contributed by atoms with van der Waals surface area (Å²) in [6.07, 6.45) is -0.205. The van der Waals surface area contributed by atoms with Crippen molar-refractivity contribution in [2.45, 2.75) is 75.7 Å². The van der Waals surface area contributed by atoms with Gasteiger partial charge in [0.05, 0.1) is 66.5 Å². The molecule has 1 amide bonds. The molecule has 0 bridgehead atoms. The van der Waals surface area contributed by atoms with E-state index < -0.39 is 30.6 Å². The van der Waals surface area contributed by atoms with Crippen LogP contribution in [0, 0.1) is 5.92 Å². The first-order valence-electron chi connectivity index (χ1n) is 15.9. The minimum absolute atomic E-state index is 0.0424. The lowest BCUT2D eigenvalue weighted by Gasteiger charge is -2.42. The molecule has 1 aliphatic carbocycles. The van der Waals surface area contributed by atoms with Crippen molar-refractivity contribution in [2.24, 2.45) is 5.92 Å². The number of ether oxygens (including phenoxy) is 6. The maximum Gasteiger partial charge on any atom is 0.237 e. The summed E-state index contributed by atoms with van der Waals surface area (Å²) in [4.78, 5) is 32.4. The van der Waals surface area contributed by atoms with Gasteiger partial charge in [-0.3, -0.25) is 14.4 Å². The predicted molar refractivity (Wildman–Crippen MR) is 171 cm³/mol. The summed E-state index contributed by atoms with van der Waals surface area (Å²) in [5.41, 5.74) is 2.65. The number of aliphatic hydroxyl groups excluding tert-OH is 2. The summed E-state index contributed by atoms with van der Waals surface area (Å²) < 4.78 is 34.6. The molecule has 2 aromatic rings. The Labute approximate surface area is 274 Å². The molecule has 0 saturated carbocycles. The first-order valence-corrected chi connectivity index (χ1v) is 15.9. The maximum atomic E-state index is 13.6. The van der Waals surface area contributed by atoms with E-state index in [1.54, 1.807) is 33.3 Å². The standard InChI is InChI=1S/C34H46N2O11/c1-18-32(40)25(38)15-27(47-18)20-8-12-30(46-17-20)36(45-6)16-29(39)35-23-10-7-19-13-28(42-3)33(43-4)34(44-5)31(19)21-9-11-26(41-2)24(37)14-22(21)23/h9,11,13-14,18,20,23,25,27,30,32,38,40H,7-8,10,12,15-17H2,1-6H3,(H,35,39)/t18?,20-,23+,25-,27?,30-,32+/m1/s1. The summed E-state index contributed by atoms with van der Waals surface area (Å²) in [5.74, 6) is 1.30. The third-order valence-electron chi connectivity index (χ3n) is 9.46. The summed E-state index contributed by atoms with van der Waals surface area (Å²) in [6.45, 7) is 2.01. The van der Waals surface area contributed by atoms with Crippen LogP contribution in [0.2, 0.25) is 0 Å². The Morgan fingerprint density at radius 1 is 0.979 bits per heavy atom. The molecular weight excluding hydrogens is 612 g/mol. The number of benzene rings is 1. The van der Waals surface area contributed by atoms with Crippen LogP contribution in [0.5, 0.6) is 23.0 Å². The van der Waals surface area contributed by atoms with Crippen molar-refractivity contribution in [2.75, 3.05) is 48.7 Å². The lowest BCUT2D eigenvalue weighted by Crippen LogP contribution is -2.52. The largest absolute Gasteiger partial charge is 0.493 e. The average molecular weight is 659 g/mol. The number of hydrogen-bond donors (Lipinski definition) is 3. The Morgan fingerprint density at radius 3 is 2.34 bits per heavy atom. The molecule has 5 rings (SSSR count). The van der Waals surface area contributed by atoms with E-state index in [4.69, 9.17) is 33.3 Å². The van der Waals surface area contributed by atoms with Crippen LogP contribution in [0.4, 0.5) is 0 Å². The summed E-state index contributed by atoms with van der Waals surface area (Å²) in [5, 5.41) is 24.9. The van der Waals surface area contributed by atoms with Gasteiger partial charge < -0.3 is 44.0 Å². The molecule has 0 radical (unpaired) electrons. The number of hydrogen-bond acceptors (Lipinski definition) is 12. The van der Waals surface area contributed by atoms with Gasteiger partial charge in [-0.15, -0.1) is 0 Å². The Hall–Kier alpha value is -3.46. The predicted octanol–water partition coefficient (Wildman–Crippen LogP) is 2.37. The number of fused-ring (bicyclic) bond motifs is 3. The lowest BCUT2D eigenvalue weighted by atomic mass is 9.87. The fourth-order valence-corrected chi connectivity index (χ4v) is 6.97. The van der Waals surface area contributed by atoms with Gasteiger partial charge in [0, 0.05) is 17.9 Å². The SMILES string of the molecule is COc1cc2c(c(OC)c1OC)-c1ccc(OC)c(=O)cc1[C@@H](NC(=O)CN(OC)[C@H]1CC[C@@H](C3C[C@@H](O)[C@@H](O)C(C)O3)CO1)CC2. The van der Waals surface area contributed by atoms with Gasteiger partial charge in [-0.25, -0.2) is 0 Å². The van der Waals surface area contributed by atoms with E-state index >= 15 is 0 Å². The molecule has 7 atom stereocenters. The topological polar surface area (TPSA) is 154 Å². The molecule has 2 unspecified atom stereocenters. The number of aryl methyl sites for hydroxylation is 1. The van der Waals surface area contributed by atoms with Crippen molar-refractivity contribution in [3.8, 4) is 34.1 Å². The van der Waals surface area contributed by atoms with Crippen molar-refractivity contribution in [1.29, 1.82) is 0 Å². The highest BCUT2D eigenvalue weighted by molar-refractivity contribution is 5.84. The summed E-state index contributed by atoms with van der Waals surface area (Å²) >= 11 is 0. The zero-order valence-corrected chi connectivity index (χ0v) is 27.8. The zero-order valence-electron chi connectivity index (χ0n) is 27.8. The van der Waals surface area contributed by atoms with Crippen LogP contribution in [0.3, 0.4) is 0 Å². The van der Waals surface area contributed by atoms with Crippen molar-refractivity contribution in [3.63, 3.8) is 0 Å². The molecule has 3 N–H and O–H groups in total. The number of methoxy groups -OCH3 is 4. The molecule has 0 aromatic heterocycles. The second-order valence-electron chi connectivity index (χ2n) is 12.2. The van der Waals surface area contributed by atoms with Gasteiger partial charge in [0.2, 0.25) is 17.1 Å². The normalized spacial score (nSPS) is 27.2. The minimum Gasteiger partial charge on any atom is -0.493 e. The van der Waals surface area contributed by atoms with E-state index in [1.165, 1.54) is 32.5 Å². The van der Waals surface area contributed by atoms with Gasteiger partial charge in [-0.05, 0) is 67.5 Å². The van der Waals surface area contributed by atoms with Crippen molar-refractivity contribution in [1.82, 2.24) is 10.4 Å². The van der Waals surface area contributed by atoms with Crippen LogP contribution in [0.25, 0.3) is 11.1 Å². The molecule has 13 nitrogen and oxygen atoms in total. The first-order chi connectivity index (χ1) is 22.6. The number of rotatable bonds is 10. The number of nitrogens with zero attached hydrogens (tertiary/aromatic N) is 1. The third-order valence-corrected chi connectivity index (χ3v) is 9.46. The van der Waals surface area contributed by atoms with E-state index in [2.05, 4.69) is 5.32 Å². The molecule has 3 aliphatic rings. The molecule has 2 aliphatic heterocycles. The highest BCUT2D eigenvalue weighted by Gasteiger charge is 2.40. The highest BCUT2D eigenvalue weighted by atomic mass is 16.7. The van der Waals surface area contributed by atoms with Crippen molar-refractivity contribution >= 4 is 5.91 Å². The van der Waals surface area contributed by atoms with Crippen LogP contribution in [-0.4, -0.2) is 101 Å². The lowest BCUT2D eigenvalue weighted by molar-refractivity contribution is -0.260. The van der Waals surface area contributed by atoms with Gasteiger partial charge in [0.1, 0.15) is 18.9 Å². The molecule has 47 heavy (non-hydrogen) atoms.